The maximum atomic E-state index is 5.84. The molecule has 3 rings (SSSR count). The first-order chi connectivity index (χ1) is 7.34. The molecule has 0 radical (unpaired) electrons. The second kappa shape index (κ2) is 3.85. The van der Waals surface area contributed by atoms with Gasteiger partial charge in [-0.25, -0.2) is 0 Å². The van der Waals surface area contributed by atoms with Crippen LogP contribution in [-0.4, -0.2) is 24.2 Å². The summed E-state index contributed by atoms with van der Waals surface area (Å²) in [4.78, 5) is 4.46. The highest BCUT2D eigenvalue weighted by Gasteiger charge is 2.33. The largest absolute Gasteiger partial charge is 0.371 e. The highest BCUT2D eigenvalue weighted by Crippen LogP contribution is 2.34. The van der Waals surface area contributed by atoms with E-state index in [9.17, 15) is 0 Å². The molecule has 1 N–H and O–H groups in total. The van der Waals surface area contributed by atoms with E-state index in [0.717, 1.165) is 30.5 Å². The van der Waals surface area contributed by atoms with Crippen LogP contribution in [0.3, 0.4) is 0 Å². The zero-order chi connectivity index (χ0) is 10.3. The number of hydrogen-bond acceptors (Lipinski definition) is 3. The van der Waals surface area contributed by atoms with Crippen LogP contribution in [0.1, 0.15) is 23.8 Å². The number of nitrogens with one attached hydrogen (secondary N) is 1. The Labute approximate surface area is 97.4 Å². The Morgan fingerprint density at radius 2 is 2.47 bits per heavy atom. The number of aryl methyl sites for hydroxylation is 1. The monoisotopic (exact) mass is 268 g/mol. The Balaban J connectivity index is 2.01. The topological polar surface area (TPSA) is 34.1 Å². The lowest BCUT2D eigenvalue weighted by atomic mass is 9.88. The van der Waals surface area contributed by atoms with Gasteiger partial charge in [-0.1, -0.05) is 0 Å². The zero-order valence-corrected chi connectivity index (χ0v) is 9.96. The van der Waals surface area contributed by atoms with E-state index in [1.807, 2.05) is 6.20 Å². The highest BCUT2D eigenvalue weighted by molar-refractivity contribution is 9.10. The van der Waals surface area contributed by atoms with Crippen molar-refractivity contribution in [3.8, 4) is 0 Å². The minimum absolute atomic E-state index is 0.201. The average molecular weight is 269 g/mol. The van der Waals surface area contributed by atoms with E-state index < -0.39 is 0 Å². The van der Waals surface area contributed by atoms with Gasteiger partial charge in [0.2, 0.25) is 0 Å². The average Bonchev–Trinajstić information content (AvgIpc) is 2.29. The third-order valence-electron chi connectivity index (χ3n) is 3.14. The third kappa shape index (κ3) is 1.71. The summed E-state index contributed by atoms with van der Waals surface area (Å²) in [6.07, 6.45) is 4.26. The van der Waals surface area contributed by atoms with E-state index in [1.54, 1.807) is 0 Å². The smallest absolute Gasteiger partial charge is 0.0996 e. The van der Waals surface area contributed by atoms with E-state index in [4.69, 9.17) is 4.74 Å². The molecule has 0 unspecified atom stereocenters. The number of halogens is 1. The van der Waals surface area contributed by atoms with Crippen molar-refractivity contribution >= 4 is 15.9 Å². The molecule has 2 atom stereocenters. The number of nitrogens with zero attached hydrogens (tertiary/aromatic N) is 1. The maximum Gasteiger partial charge on any atom is 0.0996 e. The number of ether oxygens (including phenoxy) is 1. The molecule has 15 heavy (non-hydrogen) atoms. The van der Waals surface area contributed by atoms with E-state index in [0.29, 0.717) is 6.04 Å². The predicted octanol–water partition coefficient (Wildman–Crippen LogP) is 1.82. The standard InChI is InChI=1S/C11H13BrN2O/c12-7-5-8-9(14-6-7)1-2-10-11(8)15-4-3-13-10/h5-6,10-11,13H,1-4H2/t10-,11+/m0/s1. The van der Waals surface area contributed by atoms with Gasteiger partial charge in [0, 0.05) is 34.5 Å². The fourth-order valence-corrected chi connectivity index (χ4v) is 2.79. The first-order valence-corrected chi connectivity index (χ1v) is 6.13. The van der Waals surface area contributed by atoms with Crippen molar-refractivity contribution in [3.63, 3.8) is 0 Å². The van der Waals surface area contributed by atoms with Crippen molar-refractivity contribution in [1.29, 1.82) is 0 Å². The van der Waals surface area contributed by atoms with Crippen LogP contribution < -0.4 is 5.32 Å². The summed E-state index contributed by atoms with van der Waals surface area (Å²) in [5, 5.41) is 3.51. The van der Waals surface area contributed by atoms with Crippen molar-refractivity contribution in [3.05, 3.63) is 28.0 Å². The Hall–Kier alpha value is -0.450. The van der Waals surface area contributed by atoms with Gasteiger partial charge in [0.25, 0.3) is 0 Å². The minimum Gasteiger partial charge on any atom is -0.371 e. The number of fused-ring (bicyclic) bond motifs is 3. The lowest BCUT2D eigenvalue weighted by Crippen LogP contribution is -2.46. The molecule has 1 fully saturated rings. The third-order valence-corrected chi connectivity index (χ3v) is 3.57. The van der Waals surface area contributed by atoms with E-state index in [-0.39, 0.29) is 6.10 Å². The van der Waals surface area contributed by atoms with Crippen LogP contribution in [0, 0.1) is 0 Å². The molecular formula is C11H13BrN2O. The van der Waals surface area contributed by atoms with Gasteiger partial charge in [0.1, 0.15) is 0 Å². The van der Waals surface area contributed by atoms with E-state index in [2.05, 4.69) is 32.3 Å². The lowest BCUT2D eigenvalue weighted by molar-refractivity contribution is -0.0132. The summed E-state index contributed by atoms with van der Waals surface area (Å²) in [6, 6.07) is 2.62. The maximum absolute atomic E-state index is 5.84. The molecule has 1 aliphatic carbocycles. The molecule has 2 heterocycles. The zero-order valence-electron chi connectivity index (χ0n) is 8.37. The van der Waals surface area contributed by atoms with Gasteiger partial charge < -0.3 is 10.1 Å². The van der Waals surface area contributed by atoms with Crippen LogP contribution in [0.25, 0.3) is 0 Å². The second-order valence-corrected chi connectivity index (χ2v) is 5.00. The number of rotatable bonds is 0. The normalized spacial score (nSPS) is 29.4. The molecule has 2 aliphatic rings. The molecule has 0 aromatic carbocycles. The van der Waals surface area contributed by atoms with Gasteiger partial charge in [0.05, 0.1) is 12.7 Å². The molecule has 0 spiro atoms. The SMILES string of the molecule is Brc1cnc2c(c1)[C@H]1OCCN[C@H]1CC2. The predicted molar refractivity (Wildman–Crippen MR) is 60.7 cm³/mol. The minimum atomic E-state index is 0.201. The fourth-order valence-electron chi connectivity index (χ4n) is 2.44. The molecule has 3 nitrogen and oxygen atoms in total. The Morgan fingerprint density at radius 3 is 3.40 bits per heavy atom. The van der Waals surface area contributed by atoms with Gasteiger partial charge in [-0.3, -0.25) is 4.98 Å². The summed E-state index contributed by atoms with van der Waals surface area (Å²) >= 11 is 3.47. The van der Waals surface area contributed by atoms with Crippen LogP contribution in [0.5, 0.6) is 0 Å². The number of morpholine rings is 1. The first-order valence-electron chi connectivity index (χ1n) is 5.34. The number of pyridine rings is 1. The van der Waals surface area contributed by atoms with Crippen LogP contribution in [0.2, 0.25) is 0 Å². The summed E-state index contributed by atoms with van der Waals surface area (Å²) in [5.41, 5.74) is 2.45. The van der Waals surface area contributed by atoms with Gasteiger partial charge in [-0.05, 0) is 34.8 Å². The molecule has 4 heteroatoms. The van der Waals surface area contributed by atoms with Crippen LogP contribution in [0.15, 0.2) is 16.7 Å². The Morgan fingerprint density at radius 1 is 1.53 bits per heavy atom. The first kappa shape index (κ1) is 9.75. The molecule has 0 amide bonds. The van der Waals surface area contributed by atoms with Gasteiger partial charge >= 0.3 is 0 Å². The lowest BCUT2D eigenvalue weighted by Gasteiger charge is -2.37. The molecule has 0 saturated carbocycles. The molecule has 1 aromatic rings. The van der Waals surface area contributed by atoms with Crippen molar-refractivity contribution in [2.24, 2.45) is 0 Å². The van der Waals surface area contributed by atoms with Gasteiger partial charge in [0.15, 0.2) is 0 Å². The van der Waals surface area contributed by atoms with Crippen molar-refractivity contribution in [1.82, 2.24) is 10.3 Å². The Bertz CT molecular complexity index is 383. The summed E-state index contributed by atoms with van der Waals surface area (Å²) < 4.78 is 6.88. The van der Waals surface area contributed by atoms with Crippen molar-refractivity contribution in [2.75, 3.05) is 13.2 Å². The van der Waals surface area contributed by atoms with Crippen LogP contribution >= 0.6 is 15.9 Å². The summed E-state index contributed by atoms with van der Waals surface area (Å²) in [5.74, 6) is 0. The highest BCUT2D eigenvalue weighted by atomic mass is 79.9. The number of aromatic nitrogens is 1. The second-order valence-electron chi connectivity index (χ2n) is 4.08. The Kier molecular flexibility index (Phi) is 2.50. The van der Waals surface area contributed by atoms with Crippen LogP contribution in [0.4, 0.5) is 0 Å². The summed E-state index contributed by atoms with van der Waals surface area (Å²) in [7, 11) is 0. The molecule has 0 bridgehead atoms. The van der Waals surface area contributed by atoms with E-state index in [1.165, 1.54) is 11.3 Å². The molecule has 1 aromatic heterocycles. The molecule has 80 valence electrons. The van der Waals surface area contributed by atoms with Gasteiger partial charge in [-0.15, -0.1) is 0 Å². The molecular weight excluding hydrogens is 256 g/mol. The molecule has 1 saturated heterocycles. The van der Waals surface area contributed by atoms with Crippen molar-refractivity contribution in [2.45, 2.75) is 25.0 Å². The number of hydrogen-bond donors (Lipinski definition) is 1. The molecule has 1 aliphatic heterocycles. The van der Waals surface area contributed by atoms with Crippen LogP contribution in [-0.2, 0) is 11.2 Å². The van der Waals surface area contributed by atoms with Gasteiger partial charge in [-0.2, -0.15) is 0 Å². The summed E-state index contributed by atoms with van der Waals surface area (Å²) in [6.45, 7) is 1.77. The quantitative estimate of drug-likeness (QED) is 0.780. The van der Waals surface area contributed by atoms with Crippen molar-refractivity contribution < 1.29 is 4.74 Å². The van der Waals surface area contributed by atoms with E-state index >= 15 is 0 Å². The fraction of sp³-hybridized carbons (Fsp3) is 0.545.